The lowest BCUT2D eigenvalue weighted by atomic mass is 10.1. The first-order valence-corrected chi connectivity index (χ1v) is 10.5. The zero-order chi connectivity index (χ0) is 23.0. The van der Waals surface area contributed by atoms with Gasteiger partial charge in [0.1, 0.15) is 11.5 Å². The standard InChI is InChI=1S/C26H22ClFN2O2/c1-15(2)11-22-29-24(26(32-22)18-5-8-21(28)9-6-18)19-7-10-23(31)30(14-19)25-16(3)12-20(27)13-17(25)4/h5-14H,1-4H3. The molecule has 0 N–H and O–H groups in total. The predicted octanol–water partition coefficient (Wildman–Crippen LogP) is 6.99. The molecule has 2 aromatic carbocycles. The van der Waals surface area contributed by atoms with Gasteiger partial charge in [-0.1, -0.05) is 17.2 Å². The summed E-state index contributed by atoms with van der Waals surface area (Å²) in [4.78, 5) is 17.4. The Kier molecular flexibility index (Phi) is 5.85. The number of aromatic nitrogens is 2. The Hall–Kier alpha value is -3.44. The maximum atomic E-state index is 13.5. The summed E-state index contributed by atoms with van der Waals surface area (Å²) in [6.45, 7) is 7.74. The summed E-state index contributed by atoms with van der Waals surface area (Å²) in [5.74, 6) is 0.616. The minimum atomic E-state index is -0.332. The molecule has 0 saturated heterocycles. The average Bonchev–Trinajstić information content (AvgIpc) is 3.12. The van der Waals surface area contributed by atoms with Crippen LogP contribution in [-0.4, -0.2) is 9.55 Å². The number of oxazole rings is 1. The minimum Gasteiger partial charge on any atom is -0.436 e. The van der Waals surface area contributed by atoms with E-state index in [1.165, 1.54) is 18.2 Å². The Labute approximate surface area is 190 Å². The molecule has 0 saturated carbocycles. The van der Waals surface area contributed by atoms with Crippen LogP contribution >= 0.6 is 11.6 Å². The van der Waals surface area contributed by atoms with Gasteiger partial charge in [-0.15, -0.1) is 0 Å². The number of hydrogen-bond acceptors (Lipinski definition) is 3. The molecule has 32 heavy (non-hydrogen) atoms. The van der Waals surface area contributed by atoms with Gasteiger partial charge in [-0.3, -0.25) is 9.36 Å². The summed E-state index contributed by atoms with van der Waals surface area (Å²) in [5.41, 5.74) is 5.38. The van der Waals surface area contributed by atoms with E-state index in [1.54, 1.807) is 29.0 Å². The van der Waals surface area contributed by atoms with Crippen molar-refractivity contribution in [1.82, 2.24) is 9.55 Å². The molecule has 0 radical (unpaired) electrons. The summed E-state index contributed by atoms with van der Waals surface area (Å²) in [6.07, 6.45) is 3.59. The lowest BCUT2D eigenvalue weighted by Gasteiger charge is -2.14. The predicted molar refractivity (Wildman–Crippen MR) is 127 cm³/mol. The number of halogens is 2. The van der Waals surface area contributed by atoms with Crippen molar-refractivity contribution in [2.75, 3.05) is 0 Å². The molecule has 6 heteroatoms. The van der Waals surface area contributed by atoms with Gasteiger partial charge < -0.3 is 4.42 Å². The van der Waals surface area contributed by atoms with Gasteiger partial charge in [0.25, 0.3) is 5.56 Å². The van der Waals surface area contributed by atoms with Gasteiger partial charge in [0.2, 0.25) is 5.89 Å². The Bertz CT molecular complexity index is 1370. The zero-order valence-corrected chi connectivity index (χ0v) is 19.0. The van der Waals surface area contributed by atoms with Crippen molar-refractivity contribution in [2.24, 2.45) is 0 Å². The molecule has 0 fully saturated rings. The highest BCUT2D eigenvalue weighted by atomic mass is 35.5. The molecule has 2 aromatic heterocycles. The molecular weight excluding hydrogens is 427 g/mol. The molecule has 0 amide bonds. The quantitative estimate of drug-likeness (QED) is 0.338. The number of rotatable bonds is 4. The second-order valence-electron chi connectivity index (χ2n) is 7.97. The molecule has 4 nitrogen and oxygen atoms in total. The molecule has 2 heterocycles. The summed E-state index contributed by atoms with van der Waals surface area (Å²) in [7, 11) is 0. The molecule has 4 rings (SSSR count). The van der Waals surface area contributed by atoms with E-state index in [9.17, 15) is 9.18 Å². The van der Waals surface area contributed by atoms with Crippen LogP contribution in [0.4, 0.5) is 4.39 Å². The highest BCUT2D eigenvalue weighted by molar-refractivity contribution is 6.30. The van der Waals surface area contributed by atoms with Crippen LogP contribution in [0.15, 0.2) is 69.5 Å². The number of pyridine rings is 1. The third-order valence-corrected chi connectivity index (χ3v) is 5.26. The highest BCUT2D eigenvalue weighted by Gasteiger charge is 2.18. The maximum Gasteiger partial charge on any atom is 0.255 e. The van der Waals surface area contributed by atoms with Crippen molar-refractivity contribution in [3.8, 4) is 28.3 Å². The molecular formula is C26H22ClFN2O2. The molecule has 0 unspecified atom stereocenters. The van der Waals surface area contributed by atoms with Crippen LogP contribution in [-0.2, 0) is 0 Å². The molecule has 0 aliphatic heterocycles. The number of allylic oxidation sites excluding steroid dienone is 1. The molecule has 0 aliphatic carbocycles. The van der Waals surface area contributed by atoms with Crippen molar-refractivity contribution in [3.63, 3.8) is 0 Å². The normalized spacial score (nSPS) is 10.9. The largest absolute Gasteiger partial charge is 0.436 e. The second-order valence-corrected chi connectivity index (χ2v) is 8.41. The average molecular weight is 449 g/mol. The Morgan fingerprint density at radius 2 is 1.66 bits per heavy atom. The second kappa shape index (κ2) is 8.60. The maximum absolute atomic E-state index is 13.5. The van der Waals surface area contributed by atoms with E-state index in [-0.39, 0.29) is 11.4 Å². The van der Waals surface area contributed by atoms with E-state index < -0.39 is 0 Å². The third kappa shape index (κ3) is 4.30. The van der Waals surface area contributed by atoms with Crippen LogP contribution in [0.5, 0.6) is 0 Å². The molecule has 0 atom stereocenters. The summed E-state index contributed by atoms with van der Waals surface area (Å²) in [5, 5.41) is 0.620. The van der Waals surface area contributed by atoms with Gasteiger partial charge in [0.15, 0.2) is 5.76 Å². The zero-order valence-electron chi connectivity index (χ0n) is 18.2. The SMILES string of the molecule is CC(C)=Cc1nc(-c2ccc(=O)n(-c3c(C)cc(Cl)cc3C)c2)c(-c2ccc(F)cc2)o1. The molecule has 0 bridgehead atoms. The third-order valence-electron chi connectivity index (χ3n) is 5.04. The van der Waals surface area contributed by atoms with E-state index in [0.717, 1.165) is 22.4 Å². The fraction of sp³-hybridized carbons (Fsp3) is 0.154. The fourth-order valence-corrected chi connectivity index (χ4v) is 4.05. The van der Waals surface area contributed by atoms with Crippen LogP contribution in [0.1, 0.15) is 30.9 Å². The van der Waals surface area contributed by atoms with Crippen LogP contribution in [0.25, 0.3) is 34.3 Å². The lowest BCUT2D eigenvalue weighted by Crippen LogP contribution is -2.18. The first-order chi connectivity index (χ1) is 15.2. The monoisotopic (exact) mass is 448 g/mol. The van der Waals surface area contributed by atoms with E-state index in [2.05, 4.69) is 4.98 Å². The minimum absolute atomic E-state index is 0.168. The van der Waals surface area contributed by atoms with E-state index in [1.807, 2.05) is 45.9 Å². The number of aryl methyl sites for hydroxylation is 2. The first-order valence-electron chi connectivity index (χ1n) is 10.1. The molecule has 0 spiro atoms. The summed E-state index contributed by atoms with van der Waals surface area (Å²) in [6, 6.07) is 12.9. The fourth-order valence-electron chi connectivity index (χ4n) is 3.72. The topological polar surface area (TPSA) is 48.0 Å². The Morgan fingerprint density at radius 3 is 2.28 bits per heavy atom. The number of hydrogen-bond donors (Lipinski definition) is 0. The van der Waals surface area contributed by atoms with E-state index >= 15 is 0 Å². The van der Waals surface area contributed by atoms with Crippen molar-refractivity contribution >= 4 is 17.7 Å². The van der Waals surface area contributed by atoms with Crippen LogP contribution in [0.3, 0.4) is 0 Å². The molecule has 162 valence electrons. The smallest absolute Gasteiger partial charge is 0.255 e. The van der Waals surface area contributed by atoms with Crippen molar-refractivity contribution in [2.45, 2.75) is 27.7 Å². The van der Waals surface area contributed by atoms with Crippen LogP contribution < -0.4 is 5.56 Å². The van der Waals surface area contributed by atoms with E-state index in [0.29, 0.717) is 33.5 Å². The highest BCUT2D eigenvalue weighted by Crippen LogP contribution is 2.34. The Balaban J connectivity index is 1.94. The van der Waals surface area contributed by atoms with Crippen LogP contribution in [0.2, 0.25) is 5.02 Å². The first kappa shape index (κ1) is 21.8. The van der Waals surface area contributed by atoms with Gasteiger partial charge in [-0.25, -0.2) is 9.37 Å². The van der Waals surface area contributed by atoms with Gasteiger partial charge >= 0.3 is 0 Å². The van der Waals surface area contributed by atoms with Gasteiger partial charge in [-0.2, -0.15) is 0 Å². The van der Waals surface area contributed by atoms with Gasteiger partial charge in [0.05, 0.1) is 5.69 Å². The molecule has 4 aromatic rings. The Morgan fingerprint density at radius 1 is 1.03 bits per heavy atom. The summed E-state index contributed by atoms with van der Waals surface area (Å²) >= 11 is 6.18. The van der Waals surface area contributed by atoms with Gasteiger partial charge in [0, 0.05) is 28.4 Å². The van der Waals surface area contributed by atoms with E-state index in [4.69, 9.17) is 16.0 Å². The number of benzene rings is 2. The van der Waals surface area contributed by atoms with Crippen molar-refractivity contribution in [1.29, 1.82) is 0 Å². The molecule has 0 aliphatic rings. The van der Waals surface area contributed by atoms with Crippen molar-refractivity contribution < 1.29 is 8.81 Å². The lowest BCUT2D eigenvalue weighted by molar-refractivity contribution is 0.559. The van der Waals surface area contributed by atoms with Gasteiger partial charge in [-0.05, 0) is 87.4 Å². The van der Waals surface area contributed by atoms with Crippen LogP contribution in [0, 0.1) is 19.7 Å². The number of nitrogens with zero attached hydrogens (tertiary/aromatic N) is 2. The summed E-state index contributed by atoms with van der Waals surface area (Å²) < 4.78 is 21.1. The van der Waals surface area contributed by atoms with Crippen molar-refractivity contribution in [3.05, 3.63) is 98.5 Å².